The summed E-state index contributed by atoms with van der Waals surface area (Å²) < 4.78 is 62.7. The molecule has 0 saturated carbocycles. The average Bonchev–Trinajstić information content (AvgIpc) is 2.87. The molecule has 0 aromatic heterocycles. The number of nitrogens with one attached hydrogen (secondary N) is 1. The fraction of sp³-hybridized carbons (Fsp3) is 0.636. The molecule has 2 atom stereocenters. The van der Waals surface area contributed by atoms with Gasteiger partial charge in [-0.25, -0.2) is 29.8 Å². The van der Waals surface area contributed by atoms with Crippen LogP contribution in [0.2, 0.25) is 5.02 Å². The number of hydrogen-bond acceptors (Lipinski definition) is 6. The van der Waals surface area contributed by atoms with Crippen molar-refractivity contribution in [3.8, 4) is 0 Å². The van der Waals surface area contributed by atoms with Crippen LogP contribution in [-0.2, 0) is 29.6 Å². The van der Waals surface area contributed by atoms with Crippen molar-refractivity contribution in [2.75, 3.05) is 43.0 Å². The van der Waals surface area contributed by atoms with Crippen LogP contribution >= 0.6 is 11.6 Å². The van der Waals surface area contributed by atoms with E-state index in [9.17, 15) is 30.8 Å². The number of sulfonamides is 2. The van der Waals surface area contributed by atoms with Gasteiger partial charge in [0.2, 0.25) is 26.0 Å². The van der Waals surface area contributed by atoms with Gasteiger partial charge in [-0.2, -0.15) is 0 Å². The zero-order valence-corrected chi connectivity index (χ0v) is 22.7. The maximum absolute atomic E-state index is 13.4. The Kier molecular flexibility index (Phi) is 11.1. The van der Waals surface area contributed by atoms with Crippen molar-refractivity contribution < 1.29 is 35.9 Å². The number of rotatable bonds is 7. The van der Waals surface area contributed by atoms with Crippen LogP contribution in [0.15, 0.2) is 18.2 Å². The molecule has 2 fully saturated rings. The van der Waals surface area contributed by atoms with Crippen molar-refractivity contribution in [2.24, 2.45) is 11.8 Å². The summed E-state index contributed by atoms with van der Waals surface area (Å²) in [4.78, 5) is 23.0. The van der Waals surface area contributed by atoms with Gasteiger partial charge in [-0.1, -0.05) is 17.7 Å². The predicted molar refractivity (Wildman–Crippen MR) is 135 cm³/mol. The summed E-state index contributed by atoms with van der Waals surface area (Å²) in [5, 5.41) is 11.2. The summed E-state index contributed by atoms with van der Waals surface area (Å²) in [5.74, 6) is -2.81. The van der Waals surface area contributed by atoms with Crippen molar-refractivity contribution in [2.45, 2.75) is 39.5 Å². The number of amides is 1. The third-order valence-electron chi connectivity index (χ3n) is 6.21. The van der Waals surface area contributed by atoms with Crippen molar-refractivity contribution in [3.05, 3.63) is 29.0 Å². The van der Waals surface area contributed by atoms with E-state index in [0.717, 1.165) is 0 Å². The number of nitrogens with zero attached hydrogens (tertiary/aromatic N) is 2. The lowest BCUT2D eigenvalue weighted by Gasteiger charge is -2.30. The molecule has 2 aliphatic heterocycles. The molecule has 0 radical (unpaired) electrons. The van der Waals surface area contributed by atoms with E-state index in [1.165, 1.54) is 26.8 Å². The Bertz CT molecular complexity index is 1150. The van der Waals surface area contributed by atoms with Gasteiger partial charge in [-0.05, 0) is 51.7 Å². The number of piperidine rings is 2. The maximum atomic E-state index is 13.4. The highest BCUT2D eigenvalue weighted by Gasteiger charge is 2.32. The molecule has 0 unspecified atom stereocenters. The van der Waals surface area contributed by atoms with E-state index >= 15 is 0 Å². The highest BCUT2D eigenvalue weighted by atomic mass is 35.5. The standard InChI is InChI=1S/C14H18ClFN2O3S.C8H15NO4S/c1-2-22(20,21)18-8-4-5-10(9-18)14(19)17-12-7-3-6-11(16)13(12)15;1-2-14(12,13)9-5-3-4-7(6-9)8(10)11/h3,6-7,10H,2,4-5,8-9H2,1H3,(H,17,19);7H,2-6H2,1H3,(H,10,11)/t10-;7-/m00/s1. The summed E-state index contributed by atoms with van der Waals surface area (Å²) in [7, 11) is -6.53. The molecule has 10 nitrogen and oxygen atoms in total. The van der Waals surface area contributed by atoms with Crippen molar-refractivity contribution in [3.63, 3.8) is 0 Å². The van der Waals surface area contributed by atoms with Crippen LogP contribution in [-0.4, -0.2) is 80.1 Å². The lowest BCUT2D eigenvalue weighted by molar-refractivity contribution is -0.142. The second-order valence-electron chi connectivity index (χ2n) is 8.62. The van der Waals surface area contributed by atoms with Gasteiger partial charge in [0.05, 0.1) is 34.1 Å². The average molecular weight is 570 g/mol. The fourth-order valence-corrected chi connectivity index (χ4v) is 6.54. The summed E-state index contributed by atoms with van der Waals surface area (Å²) >= 11 is 5.80. The van der Waals surface area contributed by atoms with Crippen molar-refractivity contribution in [1.82, 2.24) is 8.61 Å². The Morgan fingerprint density at radius 3 is 2.00 bits per heavy atom. The number of hydrogen-bond donors (Lipinski definition) is 2. The number of halogens is 2. The van der Waals surface area contributed by atoms with Crippen LogP contribution in [0.5, 0.6) is 0 Å². The molecule has 3 rings (SSSR count). The minimum absolute atomic E-state index is 0.0110. The van der Waals surface area contributed by atoms with Crippen LogP contribution < -0.4 is 5.32 Å². The van der Waals surface area contributed by atoms with E-state index in [4.69, 9.17) is 16.7 Å². The van der Waals surface area contributed by atoms with Gasteiger partial charge in [0.1, 0.15) is 5.82 Å². The smallest absolute Gasteiger partial charge is 0.307 e. The highest BCUT2D eigenvalue weighted by Crippen LogP contribution is 2.27. The second kappa shape index (κ2) is 13.1. The topological polar surface area (TPSA) is 141 Å². The Hall–Kier alpha value is -1.80. The summed E-state index contributed by atoms with van der Waals surface area (Å²) in [6.45, 7) is 4.31. The van der Waals surface area contributed by atoms with Gasteiger partial charge < -0.3 is 10.4 Å². The Labute approximate surface area is 216 Å². The minimum atomic E-state index is -3.31. The predicted octanol–water partition coefficient (Wildman–Crippen LogP) is 2.61. The molecule has 1 amide bonds. The third kappa shape index (κ3) is 8.10. The molecule has 2 N–H and O–H groups in total. The summed E-state index contributed by atoms with van der Waals surface area (Å²) in [6, 6.07) is 4.16. The van der Waals surface area contributed by atoms with Gasteiger partial charge >= 0.3 is 5.97 Å². The van der Waals surface area contributed by atoms with Crippen LogP contribution in [0.25, 0.3) is 0 Å². The van der Waals surface area contributed by atoms with Crippen LogP contribution in [0.3, 0.4) is 0 Å². The van der Waals surface area contributed by atoms with Gasteiger partial charge in [0, 0.05) is 26.2 Å². The monoisotopic (exact) mass is 569 g/mol. The zero-order valence-electron chi connectivity index (χ0n) is 20.3. The quantitative estimate of drug-likeness (QED) is 0.514. The molecule has 0 spiro atoms. The number of carboxylic acid groups (broad SMARTS) is 1. The zero-order chi connectivity index (χ0) is 27.1. The first-order valence-corrected chi connectivity index (χ1v) is 15.3. The fourth-order valence-electron chi connectivity index (χ4n) is 4.01. The largest absolute Gasteiger partial charge is 0.481 e. The maximum Gasteiger partial charge on any atom is 0.307 e. The normalized spacial score (nSPS) is 21.8. The van der Waals surface area contributed by atoms with E-state index in [2.05, 4.69) is 5.32 Å². The van der Waals surface area contributed by atoms with E-state index in [-0.39, 0.29) is 41.2 Å². The molecule has 204 valence electrons. The molecule has 36 heavy (non-hydrogen) atoms. The number of benzene rings is 1. The van der Waals surface area contributed by atoms with Gasteiger partial charge in [0.25, 0.3) is 0 Å². The first-order valence-electron chi connectivity index (χ1n) is 11.8. The molecule has 0 aliphatic carbocycles. The lowest BCUT2D eigenvalue weighted by Crippen LogP contribution is -2.44. The van der Waals surface area contributed by atoms with Crippen molar-refractivity contribution in [1.29, 1.82) is 0 Å². The number of carbonyl (C=O) groups excluding carboxylic acids is 1. The molecule has 2 saturated heterocycles. The number of anilines is 1. The summed E-state index contributed by atoms with van der Waals surface area (Å²) in [6.07, 6.45) is 2.42. The first-order chi connectivity index (χ1) is 16.8. The Morgan fingerprint density at radius 1 is 1.00 bits per heavy atom. The molecule has 0 bridgehead atoms. The number of aliphatic carboxylic acids is 1. The number of carboxylic acids is 1. The number of carbonyl (C=O) groups is 2. The van der Waals surface area contributed by atoms with E-state index in [1.54, 1.807) is 13.8 Å². The molecule has 14 heteroatoms. The van der Waals surface area contributed by atoms with Crippen LogP contribution in [0, 0.1) is 17.7 Å². The first kappa shape index (κ1) is 30.4. The minimum Gasteiger partial charge on any atom is -0.481 e. The van der Waals surface area contributed by atoms with Crippen LogP contribution in [0.1, 0.15) is 39.5 Å². The van der Waals surface area contributed by atoms with Crippen molar-refractivity contribution >= 4 is 49.2 Å². The van der Waals surface area contributed by atoms with E-state index < -0.39 is 43.7 Å². The SMILES string of the molecule is CCS(=O)(=O)N1CCC[C@H](C(=O)Nc2cccc(F)c2Cl)C1.CCS(=O)(=O)N1CCC[C@H](C(=O)O)C1. The molecule has 2 aliphatic rings. The van der Waals surface area contributed by atoms with Gasteiger partial charge in [-0.15, -0.1) is 0 Å². The van der Waals surface area contributed by atoms with Crippen LogP contribution in [0.4, 0.5) is 10.1 Å². The Balaban J connectivity index is 0.000000281. The second-order valence-corrected chi connectivity index (χ2v) is 13.5. The summed E-state index contributed by atoms with van der Waals surface area (Å²) in [5.41, 5.74) is 0.196. The highest BCUT2D eigenvalue weighted by molar-refractivity contribution is 7.89. The van der Waals surface area contributed by atoms with E-state index in [1.807, 2.05) is 0 Å². The third-order valence-corrected chi connectivity index (χ3v) is 10.3. The van der Waals surface area contributed by atoms with Gasteiger partial charge in [0.15, 0.2) is 0 Å². The molecule has 2 heterocycles. The lowest BCUT2D eigenvalue weighted by atomic mass is 9.98. The molecule has 1 aromatic carbocycles. The van der Waals surface area contributed by atoms with Gasteiger partial charge in [-0.3, -0.25) is 9.59 Å². The molecular formula is C22H33ClFN3O7S2. The Morgan fingerprint density at radius 2 is 1.50 bits per heavy atom. The van der Waals surface area contributed by atoms with E-state index in [0.29, 0.717) is 38.8 Å². The molecule has 1 aromatic rings. The molecular weight excluding hydrogens is 537 g/mol.